The number of amides is 2. The molecule has 1 atom stereocenters. The van der Waals surface area contributed by atoms with Gasteiger partial charge in [-0.05, 0) is 62.8 Å². The van der Waals surface area contributed by atoms with Crippen LogP contribution >= 0.6 is 0 Å². The molecule has 6 nitrogen and oxygen atoms in total. The van der Waals surface area contributed by atoms with E-state index >= 15 is 0 Å². The molecule has 2 aromatic carbocycles. The van der Waals surface area contributed by atoms with Gasteiger partial charge in [0.25, 0.3) is 5.91 Å². The molecule has 6 heteroatoms. The second-order valence-corrected chi connectivity index (χ2v) is 7.31. The predicted molar refractivity (Wildman–Crippen MR) is 110 cm³/mol. The van der Waals surface area contributed by atoms with Gasteiger partial charge in [0.1, 0.15) is 5.75 Å². The lowest BCUT2D eigenvalue weighted by molar-refractivity contribution is -0.117. The van der Waals surface area contributed by atoms with E-state index in [4.69, 9.17) is 4.74 Å². The molecule has 2 amide bonds. The average Bonchev–Trinajstić information content (AvgIpc) is 3.54. The van der Waals surface area contributed by atoms with Crippen LogP contribution in [0.4, 0.5) is 5.69 Å². The monoisotopic (exact) mass is 381 g/mol. The van der Waals surface area contributed by atoms with Crippen molar-refractivity contribution in [2.75, 3.05) is 33.1 Å². The van der Waals surface area contributed by atoms with Gasteiger partial charge < -0.3 is 20.3 Å². The van der Waals surface area contributed by atoms with E-state index in [1.165, 1.54) is 0 Å². The molecule has 0 aromatic heterocycles. The third-order valence-electron chi connectivity index (χ3n) is 4.92. The second kappa shape index (κ2) is 8.89. The van der Waals surface area contributed by atoms with Crippen LogP contribution in [0.25, 0.3) is 0 Å². The van der Waals surface area contributed by atoms with Gasteiger partial charge in [0, 0.05) is 23.7 Å². The molecule has 2 aromatic rings. The predicted octanol–water partition coefficient (Wildman–Crippen LogP) is 3.08. The standard InChI is InChI=1S/C22H27N3O3/c1-25(2)20(15-9-11-19(28-3)12-10-15)14-23-21(26)17-5-4-6-18(13-17)24-22(27)16-7-8-16/h4-6,9-13,16,20H,7-8,14H2,1-3H3,(H,23,26)(H,24,27). The Morgan fingerprint density at radius 1 is 1.14 bits per heavy atom. The van der Waals surface area contributed by atoms with Crippen LogP contribution in [0.1, 0.15) is 34.8 Å². The Bertz CT molecular complexity index is 829. The number of hydrogen-bond donors (Lipinski definition) is 2. The summed E-state index contributed by atoms with van der Waals surface area (Å²) in [6.07, 6.45) is 1.90. The zero-order valence-corrected chi connectivity index (χ0v) is 16.6. The molecule has 1 aliphatic carbocycles. The maximum atomic E-state index is 12.6. The number of benzene rings is 2. The van der Waals surface area contributed by atoms with E-state index in [-0.39, 0.29) is 23.8 Å². The fourth-order valence-electron chi connectivity index (χ4n) is 3.04. The molecule has 0 spiro atoms. The highest BCUT2D eigenvalue weighted by atomic mass is 16.5. The van der Waals surface area contributed by atoms with Crippen molar-refractivity contribution in [1.29, 1.82) is 0 Å². The van der Waals surface area contributed by atoms with Crippen LogP contribution in [0.2, 0.25) is 0 Å². The third kappa shape index (κ3) is 5.10. The molecule has 0 bridgehead atoms. The first-order chi connectivity index (χ1) is 13.5. The lowest BCUT2D eigenvalue weighted by atomic mass is 10.1. The molecule has 148 valence electrons. The Labute approximate surface area is 165 Å². The van der Waals surface area contributed by atoms with E-state index in [1.807, 2.05) is 38.4 Å². The largest absolute Gasteiger partial charge is 0.497 e. The van der Waals surface area contributed by atoms with Crippen molar-refractivity contribution in [3.63, 3.8) is 0 Å². The first-order valence-corrected chi connectivity index (χ1v) is 9.47. The van der Waals surface area contributed by atoms with E-state index < -0.39 is 0 Å². The number of hydrogen-bond acceptors (Lipinski definition) is 4. The molecular weight excluding hydrogens is 354 g/mol. The summed E-state index contributed by atoms with van der Waals surface area (Å²) in [6.45, 7) is 0.469. The number of methoxy groups -OCH3 is 1. The Balaban J connectivity index is 1.63. The number of ether oxygens (including phenoxy) is 1. The van der Waals surface area contributed by atoms with Gasteiger partial charge in [-0.15, -0.1) is 0 Å². The lowest BCUT2D eigenvalue weighted by Gasteiger charge is -2.25. The maximum Gasteiger partial charge on any atom is 0.251 e. The van der Waals surface area contributed by atoms with Gasteiger partial charge in [0.05, 0.1) is 13.2 Å². The highest BCUT2D eigenvalue weighted by molar-refractivity contribution is 5.98. The van der Waals surface area contributed by atoms with Crippen LogP contribution in [-0.2, 0) is 4.79 Å². The van der Waals surface area contributed by atoms with Crippen LogP contribution in [0.15, 0.2) is 48.5 Å². The van der Waals surface area contributed by atoms with Crippen molar-refractivity contribution >= 4 is 17.5 Å². The van der Waals surface area contributed by atoms with E-state index in [2.05, 4.69) is 15.5 Å². The minimum atomic E-state index is -0.164. The third-order valence-corrected chi connectivity index (χ3v) is 4.92. The van der Waals surface area contributed by atoms with Gasteiger partial charge in [-0.25, -0.2) is 0 Å². The average molecular weight is 381 g/mol. The summed E-state index contributed by atoms with van der Waals surface area (Å²) in [5.41, 5.74) is 2.28. The molecule has 0 aliphatic heterocycles. The molecule has 28 heavy (non-hydrogen) atoms. The maximum absolute atomic E-state index is 12.6. The minimum absolute atomic E-state index is 0.0322. The summed E-state index contributed by atoms with van der Waals surface area (Å²) in [7, 11) is 5.60. The zero-order valence-electron chi connectivity index (χ0n) is 16.6. The van der Waals surface area contributed by atoms with Crippen molar-refractivity contribution < 1.29 is 14.3 Å². The smallest absolute Gasteiger partial charge is 0.251 e. The summed E-state index contributed by atoms with van der Waals surface area (Å²) in [6, 6.07) is 14.9. The molecule has 1 unspecified atom stereocenters. The normalized spacial score (nSPS) is 14.4. The number of anilines is 1. The molecule has 1 aliphatic rings. The molecule has 0 saturated heterocycles. The van der Waals surface area contributed by atoms with Gasteiger partial charge in [-0.3, -0.25) is 9.59 Å². The van der Waals surface area contributed by atoms with Gasteiger partial charge in [-0.1, -0.05) is 18.2 Å². The molecule has 3 rings (SSSR count). The Kier molecular flexibility index (Phi) is 6.31. The second-order valence-electron chi connectivity index (χ2n) is 7.31. The van der Waals surface area contributed by atoms with Crippen molar-refractivity contribution in [3.8, 4) is 5.75 Å². The Morgan fingerprint density at radius 2 is 1.86 bits per heavy atom. The first kappa shape index (κ1) is 19.9. The van der Waals surface area contributed by atoms with Gasteiger partial charge in [0.2, 0.25) is 5.91 Å². The zero-order chi connectivity index (χ0) is 20.1. The summed E-state index contributed by atoms with van der Waals surface area (Å²) in [4.78, 5) is 26.6. The van der Waals surface area contributed by atoms with E-state index in [9.17, 15) is 9.59 Å². The first-order valence-electron chi connectivity index (χ1n) is 9.47. The fraction of sp³-hybridized carbons (Fsp3) is 0.364. The van der Waals surface area contributed by atoms with Crippen LogP contribution in [-0.4, -0.2) is 44.5 Å². The van der Waals surface area contributed by atoms with Crippen LogP contribution in [0.5, 0.6) is 5.75 Å². The number of carbonyl (C=O) groups is 2. The number of nitrogens with zero attached hydrogens (tertiary/aromatic N) is 1. The van der Waals surface area contributed by atoms with Crippen molar-refractivity contribution in [2.24, 2.45) is 5.92 Å². The molecule has 0 radical (unpaired) electrons. The summed E-state index contributed by atoms with van der Waals surface area (Å²) in [5, 5.41) is 5.88. The van der Waals surface area contributed by atoms with Crippen LogP contribution in [0, 0.1) is 5.92 Å². The quantitative estimate of drug-likeness (QED) is 0.737. The van der Waals surface area contributed by atoms with E-state index in [0.717, 1.165) is 24.2 Å². The summed E-state index contributed by atoms with van der Waals surface area (Å²) >= 11 is 0. The van der Waals surface area contributed by atoms with Gasteiger partial charge in [0.15, 0.2) is 0 Å². The lowest BCUT2D eigenvalue weighted by Crippen LogP contribution is -2.34. The van der Waals surface area contributed by atoms with Gasteiger partial charge >= 0.3 is 0 Å². The summed E-state index contributed by atoms with van der Waals surface area (Å²) < 4.78 is 5.21. The molecule has 1 fully saturated rings. The molecule has 1 saturated carbocycles. The van der Waals surface area contributed by atoms with Crippen LogP contribution < -0.4 is 15.4 Å². The van der Waals surface area contributed by atoms with Gasteiger partial charge in [-0.2, -0.15) is 0 Å². The van der Waals surface area contributed by atoms with Crippen LogP contribution in [0.3, 0.4) is 0 Å². The molecule has 2 N–H and O–H groups in total. The number of nitrogens with one attached hydrogen (secondary N) is 2. The highest BCUT2D eigenvalue weighted by Gasteiger charge is 2.29. The Hall–Kier alpha value is -2.86. The SMILES string of the molecule is COc1ccc(C(CNC(=O)c2cccc(NC(=O)C3CC3)c2)N(C)C)cc1. The highest BCUT2D eigenvalue weighted by Crippen LogP contribution is 2.30. The number of rotatable bonds is 8. The number of likely N-dealkylation sites (N-methyl/N-ethyl adjacent to an activating group) is 1. The van der Waals surface area contributed by atoms with Crippen molar-refractivity contribution in [3.05, 3.63) is 59.7 Å². The number of carbonyl (C=O) groups excluding carboxylic acids is 2. The van der Waals surface area contributed by atoms with E-state index in [0.29, 0.717) is 17.8 Å². The topological polar surface area (TPSA) is 70.7 Å². The fourth-order valence-corrected chi connectivity index (χ4v) is 3.04. The molecule has 0 heterocycles. The minimum Gasteiger partial charge on any atom is -0.497 e. The molecular formula is C22H27N3O3. The Morgan fingerprint density at radius 3 is 2.46 bits per heavy atom. The van der Waals surface area contributed by atoms with E-state index in [1.54, 1.807) is 31.4 Å². The van der Waals surface area contributed by atoms with Crippen molar-refractivity contribution in [1.82, 2.24) is 10.2 Å². The summed E-state index contributed by atoms with van der Waals surface area (Å²) in [5.74, 6) is 0.797. The van der Waals surface area contributed by atoms with Crippen molar-refractivity contribution in [2.45, 2.75) is 18.9 Å².